The van der Waals surface area contributed by atoms with Gasteiger partial charge in [-0.25, -0.2) is 13.1 Å². The van der Waals surface area contributed by atoms with E-state index in [1.165, 1.54) is 25.3 Å². The summed E-state index contributed by atoms with van der Waals surface area (Å²) in [7, 11) is -0.674. The Morgan fingerprint density at radius 1 is 1.03 bits per heavy atom. The summed E-state index contributed by atoms with van der Waals surface area (Å²) in [6.07, 6.45) is 0. The zero-order valence-electron chi connectivity index (χ0n) is 16.9. The number of rotatable bonds is 8. The molecule has 0 saturated heterocycles. The molecule has 0 aliphatic rings. The van der Waals surface area contributed by atoms with Crippen molar-refractivity contribution in [2.24, 2.45) is 0 Å². The lowest BCUT2D eigenvalue weighted by Gasteiger charge is -2.19. The third kappa shape index (κ3) is 5.62. The van der Waals surface area contributed by atoms with Crippen LogP contribution in [0.3, 0.4) is 0 Å². The van der Waals surface area contributed by atoms with E-state index in [1.54, 1.807) is 46.1 Å². The molecule has 7 nitrogen and oxygen atoms in total. The molecule has 2 N–H and O–H groups in total. The Hall–Kier alpha value is -2.29. The molecule has 0 bridgehead atoms. The number of nitrogens with one attached hydrogen (secondary N) is 2. The van der Waals surface area contributed by atoms with Gasteiger partial charge in [-0.3, -0.25) is 4.79 Å². The van der Waals surface area contributed by atoms with E-state index in [9.17, 15) is 13.2 Å². The van der Waals surface area contributed by atoms with Crippen LogP contribution >= 0.6 is 11.6 Å². The monoisotopic (exact) mass is 440 g/mol. The first-order valence-electron chi connectivity index (χ1n) is 8.93. The molecular formula is C20H25ClN2O5S. The van der Waals surface area contributed by atoms with E-state index >= 15 is 0 Å². The summed E-state index contributed by atoms with van der Waals surface area (Å²) in [5.74, 6) is 0.686. The second-order valence-corrected chi connectivity index (χ2v) is 8.84. The van der Waals surface area contributed by atoms with Crippen molar-refractivity contribution in [2.75, 3.05) is 14.2 Å². The molecule has 1 atom stereocenters. The number of methoxy groups -OCH3 is 2. The van der Waals surface area contributed by atoms with E-state index in [0.29, 0.717) is 11.5 Å². The van der Waals surface area contributed by atoms with Gasteiger partial charge in [0.15, 0.2) is 0 Å². The average Bonchev–Trinajstić information content (AvgIpc) is 2.66. The molecule has 2 aromatic rings. The second-order valence-electron chi connectivity index (χ2n) is 6.72. The van der Waals surface area contributed by atoms with Gasteiger partial charge in [-0.2, -0.15) is 0 Å². The quantitative estimate of drug-likeness (QED) is 0.654. The van der Waals surface area contributed by atoms with Gasteiger partial charge in [-0.1, -0.05) is 11.6 Å². The van der Waals surface area contributed by atoms with Crippen LogP contribution in [-0.2, 0) is 10.0 Å². The van der Waals surface area contributed by atoms with Crippen molar-refractivity contribution in [3.63, 3.8) is 0 Å². The van der Waals surface area contributed by atoms with Crippen LogP contribution in [0.25, 0.3) is 0 Å². The number of ether oxygens (including phenoxy) is 2. The molecule has 2 aromatic carbocycles. The number of hydrogen-bond donors (Lipinski definition) is 2. The smallest absolute Gasteiger partial charge is 0.253 e. The van der Waals surface area contributed by atoms with Gasteiger partial charge in [0, 0.05) is 17.7 Å². The molecule has 1 unspecified atom stereocenters. The fourth-order valence-electron chi connectivity index (χ4n) is 2.75. The first kappa shape index (κ1) is 23.0. The minimum atomic E-state index is -3.75. The Morgan fingerprint density at radius 3 is 2.31 bits per heavy atom. The molecule has 158 valence electrons. The van der Waals surface area contributed by atoms with Gasteiger partial charge in [0.2, 0.25) is 10.0 Å². The van der Waals surface area contributed by atoms with Crippen molar-refractivity contribution < 1.29 is 22.7 Å². The highest BCUT2D eigenvalue weighted by Gasteiger charge is 2.21. The molecule has 0 fully saturated rings. The van der Waals surface area contributed by atoms with Crippen LogP contribution < -0.4 is 19.5 Å². The first-order valence-corrected chi connectivity index (χ1v) is 10.8. The lowest BCUT2D eigenvalue weighted by molar-refractivity contribution is 0.0939. The molecule has 0 heterocycles. The minimum absolute atomic E-state index is 0.0320. The Bertz CT molecular complexity index is 992. The lowest BCUT2D eigenvalue weighted by atomic mass is 10.1. The Labute approximate surface area is 176 Å². The van der Waals surface area contributed by atoms with Crippen LogP contribution in [0, 0.1) is 0 Å². The van der Waals surface area contributed by atoms with Gasteiger partial charge in [-0.05, 0) is 51.1 Å². The number of halogens is 1. The molecule has 0 saturated carbocycles. The number of benzene rings is 2. The highest BCUT2D eigenvalue weighted by molar-refractivity contribution is 7.89. The molecule has 9 heteroatoms. The van der Waals surface area contributed by atoms with E-state index in [-0.39, 0.29) is 21.5 Å². The van der Waals surface area contributed by atoms with E-state index in [2.05, 4.69) is 10.0 Å². The first-order chi connectivity index (χ1) is 13.6. The van der Waals surface area contributed by atoms with Gasteiger partial charge >= 0.3 is 0 Å². The SMILES string of the molecule is COc1ccc(C(C)NC(=O)c2cc(S(=O)(=O)NC(C)C)ccc2Cl)c(OC)c1. The zero-order valence-corrected chi connectivity index (χ0v) is 18.5. The van der Waals surface area contributed by atoms with E-state index < -0.39 is 22.0 Å². The Morgan fingerprint density at radius 2 is 1.72 bits per heavy atom. The van der Waals surface area contributed by atoms with Crippen LogP contribution in [-0.4, -0.2) is 34.6 Å². The maximum Gasteiger partial charge on any atom is 0.253 e. The summed E-state index contributed by atoms with van der Waals surface area (Å²) in [4.78, 5) is 12.8. The normalized spacial score (nSPS) is 12.5. The van der Waals surface area contributed by atoms with Crippen molar-refractivity contribution in [2.45, 2.75) is 37.8 Å². The number of hydrogen-bond acceptors (Lipinski definition) is 5. The molecule has 0 aromatic heterocycles. The number of sulfonamides is 1. The fraction of sp³-hybridized carbons (Fsp3) is 0.350. The molecule has 0 aliphatic heterocycles. The summed E-state index contributed by atoms with van der Waals surface area (Å²) in [6, 6.07) is 8.58. The largest absolute Gasteiger partial charge is 0.497 e. The Kier molecular flexibility index (Phi) is 7.51. The van der Waals surface area contributed by atoms with Gasteiger partial charge in [-0.15, -0.1) is 0 Å². The molecule has 0 radical (unpaired) electrons. The van der Waals surface area contributed by atoms with E-state index in [1.807, 2.05) is 0 Å². The standard InChI is InChI=1S/C20H25ClN2O5S/c1-12(2)23-29(25,26)15-7-9-18(21)17(11-15)20(24)22-13(3)16-8-6-14(27-4)10-19(16)28-5/h6-13,23H,1-5H3,(H,22,24). The zero-order chi connectivity index (χ0) is 21.8. The summed E-state index contributed by atoms with van der Waals surface area (Å²) in [6.45, 7) is 5.22. The van der Waals surface area contributed by atoms with Crippen molar-refractivity contribution in [3.05, 3.63) is 52.5 Å². The highest BCUT2D eigenvalue weighted by atomic mass is 35.5. The molecule has 1 amide bonds. The van der Waals surface area contributed by atoms with Crippen LogP contribution in [0.2, 0.25) is 5.02 Å². The molecular weight excluding hydrogens is 416 g/mol. The van der Waals surface area contributed by atoms with Crippen LogP contribution in [0.15, 0.2) is 41.3 Å². The van der Waals surface area contributed by atoms with Crippen molar-refractivity contribution in [1.29, 1.82) is 0 Å². The fourth-order valence-corrected chi connectivity index (χ4v) is 4.23. The highest BCUT2D eigenvalue weighted by Crippen LogP contribution is 2.30. The predicted octanol–water partition coefficient (Wildman–Crippen LogP) is 3.53. The van der Waals surface area contributed by atoms with Crippen molar-refractivity contribution >= 4 is 27.5 Å². The molecule has 0 aliphatic carbocycles. The van der Waals surface area contributed by atoms with Gasteiger partial charge < -0.3 is 14.8 Å². The van der Waals surface area contributed by atoms with Gasteiger partial charge in [0.05, 0.1) is 35.7 Å². The predicted molar refractivity (Wildman–Crippen MR) is 112 cm³/mol. The molecule has 29 heavy (non-hydrogen) atoms. The van der Waals surface area contributed by atoms with Crippen molar-refractivity contribution in [1.82, 2.24) is 10.0 Å². The summed E-state index contributed by atoms with van der Waals surface area (Å²) >= 11 is 6.16. The van der Waals surface area contributed by atoms with Gasteiger partial charge in [0.1, 0.15) is 11.5 Å². The third-order valence-corrected chi connectivity index (χ3v) is 6.12. The van der Waals surface area contributed by atoms with Crippen molar-refractivity contribution in [3.8, 4) is 11.5 Å². The van der Waals surface area contributed by atoms with Crippen LogP contribution in [0.5, 0.6) is 11.5 Å². The summed E-state index contributed by atoms with van der Waals surface area (Å²) in [5, 5.41) is 2.98. The summed E-state index contributed by atoms with van der Waals surface area (Å²) < 4.78 is 37.8. The molecule has 2 rings (SSSR count). The topological polar surface area (TPSA) is 93.7 Å². The van der Waals surface area contributed by atoms with Crippen LogP contribution in [0.4, 0.5) is 0 Å². The van der Waals surface area contributed by atoms with Gasteiger partial charge in [0.25, 0.3) is 5.91 Å². The second kappa shape index (κ2) is 9.47. The lowest BCUT2D eigenvalue weighted by Crippen LogP contribution is -2.31. The van der Waals surface area contributed by atoms with E-state index in [4.69, 9.17) is 21.1 Å². The summed E-state index contributed by atoms with van der Waals surface area (Å²) in [5.41, 5.74) is 0.806. The number of carbonyl (C=O) groups excluding carboxylic acids is 1. The van der Waals surface area contributed by atoms with E-state index in [0.717, 1.165) is 5.56 Å². The maximum absolute atomic E-state index is 12.8. The number of amides is 1. The molecule has 0 spiro atoms. The third-order valence-electron chi connectivity index (χ3n) is 4.14. The average molecular weight is 441 g/mol. The maximum atomic E-state index is 12.8. The number of carbonyl (C=O) groups is 1. The Balaban J connectivity index is 2.30. The van der Waals surface area contributed by atoms with Crippen LogP contribution in [0.1, 0.15) is 42.7 Å². The minimum Gasteiger partial charge on any atom is -0.497 e.